The average molecular weight is 594 g/mol. The van der Waals surface area contributed by atoms with Crippen LogP contribution >= 0.6 is 0 Å². The maximum atomic E-state index is 14.1. The van der Waals surface area contributed by atoms with E-state index in [4.69, 9.17) is 4.74 Å². The zero-order valence-electron chi connectivity index (χ0n) is 23.6. The Morgan fingerprint density at radius 2 is 1.68 bits per heavy atom. The third-order valence-corrected chi connectivity index (χ3v) is 8.02. The summed E-state index contributed by atoms with van der Waals surface area (Å²) < 4.78 is 48.2. The molecule has 1 unspecified atom stereocenters. The Morgan fingerprint density at radius 1 is 0.977 bits per heavy atom. The maximum Gasteiger partial charge on any atom is 0.416 e. The van der Waals surface area contributed by atoms with Gasteiger partial charge in [0.15, 0.2) is 6.04 Å². The van der Waals surface area contributed by atoms with E-state index >= 15 is 0 Å². The summed E-state index contributed by atoms with van der Waals surface area (Å²) in [5.74, 6) is -0.424. The third kappa shape index (κ3) is 5.09. The van der Waals surface area contributed by atoms with Gasteiger partial charge in [-0.25, -0.2) is 4.79 Å². The second-order valence-electron chi connectivity index (χ2n) is 10.6. The molecule has 1 aliphatic heterocycles. The Morgan fingerprint density at radius 3 is 2.41 bits per heavy atom. The van der Waals surface area contributed by atoms with Crippen LogP contribution in [0, 0.1) is 11.3 Å². The monoisotopic (exact) mass is 593 g/mol. The van der Waals surface area contributed by atoms with Crippen molar-refractivity contribution in [3.8, 4) is 17.2 Å². The van der Waals surface area contributed by atoms with Crippen molar-refractivity contribution in [2.75, 3.05) is 18.6 Å². The summed E-state index contributed by atoms with van der Waals surface area (Å²) in [4.78, 5) is 29.0. The molecule has 5 aromatic rings. The first kappa shape index (κ1) is 28.7. The molecule has 1 aromatic heterocycles. The largest absolute Gasteiger partial charge is 0.467 e. The van der Waals surface area contributed by atoms with Crippen molar-refractivity contribution in [1.82, 2.24) is 4.57 Å². The predicted molar refractivity (Wildman–Crippen MR) is 161 cm³/mol. The molecule has 0 N–H and O–H groups in total. The van der Waals surface area contributed by atoms with Crippen molar-refractivity contribution >= 4 is 22.6 Å². The lowest BCUT2D eigenvalue weighted by atomic mass is 9.89. The summed E-state index contributed by atoms with van der Waals surface area (Å²) in [5, 5.41) is 12.2. The first-order valence-corrected chi connectivity index (χ1v) is 13.9. The maximum absolute atomic E-state index is 14.1. The molecule has 9 heteroatoms. The number of carbonyl (C=O) groups is 1. The van der Waals surface area contributed by atoms with Crippen molar-refractivity contribution in [2.45, 2.75) is 25.2 Å². The van der Waals surface area contributed by atoms with E-state index in [9.17, 15) is 28.0 Å². The summed E-state index contributed by atoms with van der Waals surface area (Å²) in [6.45, 7) is 0.296. The Balaban J connectivity index is 1.69. The predicted octanol–water partition coefficient (Wildman–Crippen LogP) is 6.88. The Bertz CT molecular complexity index is 1990. The second-order valence-corrected chi connectivity index (χ2v) is 10.6. The molecule has 6 nitrogen and oxygen atoms in total. The number of benzene rings is 4. The van der Waals surface area contributed by atoms with Crippen LogP contribution in [-0.2, 0) is 28.7 Å². The fraction of sp³-hybridized carbons (Fsp3) is 0.171. The lowest BCUT2D eigenvalue weighted by Gasteiger charge is -2.25. The van der Waals surface area contributed by atoms with E-state index in [0.717, 1.165) is 34.0 Å². The Hall–Kier alpha value is -5.36. The minimum Gasteiger partial charge on any atom is -0.467 e. The van der Waals surface area contributed by atoms with Crippen molar-refractivity contribution in [2.24, 2.45) is 0 Å². The van der Waals surface area contributed by atoms with Gasteiger partial charge in [0.1, 0.15) is 17.5 Å². The Labute approximate surface area is 251 Å². The van der Waals surface area contributed by atoms with Crippen LogP contribution in [0.4, 0.5) is 19.0 Å². The Kier molecular flexibility index (Phi) is 7.43. The molecule has 220 valence electrons. The summed E-state index contributed by atoms with van der Waals surface area (Å²) in [6, 6.07) is 28.5. The first-order valence-electron chi connectivity index (χ1n) is 13.9. The SMILES string of the molecule is COC(=O)C1CN(Cc2ccccc2)c2c(-c3cccc(C(F)(F)F)c3)c(Cc3cccc4ccccc34)c(C#N)c(=O)n21. The zero-order valence-corrected chi connectivity index (χ0v) is 23.6. The van der Waals surface area contributed by atoms with Crippen LogP contribution in [0.25, 0.3) is 21.9 Å². The van der Waals surface area contributed by atoms with E-state index < -0.39 is 29.3 Å². The molecule has 6 rings (SSSR count). The topological polar surface area (TPSA) is 75.3 Å². The second kappa shape index (κ2) is 11.4. The van der Waals surface area contributed by atoms with Crippen LogP contribution in [0.5, 0.6) is 0 Å². The van der Waals surface area contributed by atoms with Gasteiger partial charge >= 0.3 is 12.1 Å². The lowest BCUT2D eigenvalue weighted by Crippen LogP contribution is -2.31. The number of fused-ring (bicyclic) bond motifs is 2. The number of hydrogen-bond acceptors (Lipinski definition) is 5. The van der Waals surface area contributed by atoms with Gasteiger partial charge in [0.25, 0.3) is 5.56 Å². The van der Waals surface area contributed by atoms with Gasteiger partial charge in [0.2, 0.25) is 0 Å². The minimum absolute atomic E-state index is 0.0331. The summed E-state index contributed by atoms with van der Waals surface area (Å²) in [7, 11) is 1.21. The van der Waals surface area contributed by atoms with E-state index in [1.165, 1.54) is 23.8 Å². The third-order valence-electron chi connectivity index (χ3n) is 8.02. The van der Waals surface area contributed by atoms with Crippen molar-refractivity contribution in [3.63, 3.8) is 0 Å². The molecule has 0 aliphatic carbocycles. The normalized spacial score (nSPS) is 14.3. The molecular formula is C35H26F3N3O3. The van der Waals surface area contributed by atoms with Gasteiger partial charge in [-0.15, -0.1) is 0 Å². The number of rotatable bonds is 6. The van der Waals surface area contributed by atoms with E-state index in [1.807, 2.05) is 83.8 Å². The molecule has 0 spiro atoms. The number of alkyl halides is 3. The van der Waals surface area contributed by atoms with Crippen LogP contribution in [0.2, 0.25) is 0 Å². The zero-order chi connectivity index (χ0) is 31.0. The quantitative estimate of drug-likeness (QED) is 0.201. The highest BCUT2D eigenvalue weighted by Crippen LogP contribution is 2.43. The van der Waals surface area contributed by atoms with Crippen molar-refractivity contribution in [1.29, 1.82) is 5.26 Å². The van der Waals surface area contributed by atoms with E-state index in [1.54, 1.807) is 0 Å². The number of halogens is 3. The van der Waals surface area contributed by atoms with E-state index in [2.05, 4.69) is 0 Å². The molecular weight excluding hydrogens is 567 g/mol. The number of esters is 1. The van der Waals surface area contributed by atoms with Gasteiger partial charge < -0.3 is 9.64 Å². The number of ether oxygens (including phenoxy) is 1. The van der Waals surface area contributed by atoms with E-state index in [0.29, 0.717) is 11.1 Å². The van der Waals surface area contributed by atoms with Crippen LogP contribution in [0.15, 0.2) is 102 Å². The summed E-state index contributed by atoms with van der Waals surface area (Å²) in [5.41, 5.74) is 0.640. The average Bonchev–Trinajstić information content (AvgIpc) is 3.40. The first-order chi connectivity index (χ1) is 21.2. The van der Waals surface area contributed by atoms with Gasteiger partial charge in [0, 0.05) is 18.5 Å². The van der Waals surface area contributed by atoms with Crippen molar-refractivity contribution < 1.29 is 22.7 Å². The number of hydrogen-bond donors (Lipinski definition) is 0. The van der Waals surface area contributed by atoms with Gasteiger partial charge in [-0.2, -0.15) is 18.4 Å². The molecule has 0 saturated carbocycles. The number of methoxy groups -OCH3 is 1. The number of nitrogens with zero attached hydrogens (tertiary/aromatic N) is 3. The fourth-order valence-corrected chi connectivity index (χ4v) is 6.05. The molecule has 1 atom stereocenters. The summed E-state index contributed by atoms with van der Waals surface area (Å²) >= 11 is 0. The highest BCUT2D eigenvalue weighted by molar-refractivity contribution is 5.89. The highest BCUT2D eigenvalue weighted by Gasteiger charge is 2.40. The molecule has 1 aliphatic rings. The number of carbonyl (C=O) groups excluding carboxylic acids is 1. The molecule has 0 bridgehead atoms. The van der Waals surface area contributed by atoms with Gasteiger partial charge in [-0.05, 0) is 45.2 Å². The number of nitriles is 1. The van der Waals surface area contributed by atoms with E-state index in [-0.39, 0.29) is 36.5 Å². The van der Waals surface area contributed by atoms with Crippen molar-refractivity contribution in [3.05, 3.63) is 135 Å². The van der Waals surface area contributed by atoms with Crippen LogP contribution in [0.1, 0.15) is 33.9 Å². The molecule has 0 radical (unpaired) electrons. The van der Waals surface area contributed by atoms with Crippen LogP contribution in [0.3, 0.4) is 0 Å². The van der Waals surface area contributed by atoms with Gasteiger partial charge in [0.05, 0.1) is 19.2 Å². The number of anilines is 1. The standard InChI is InChI=1S/C35H26F3N3O3/c1-44-34(43)30-21-40(20-22-9-3-2-4-10-22)32-31(25-14-8-15-26(17-25)35(36,37)38)28(29(19-39)33(42)41(30)32)18-24-13-7-12-23-11-5-6-16-27(23)24/h2-17,30H,18,20-21H2,1H3. The number of aromatic nitrogens is 1. The summed E-state index contributed by atoms with van der Waals surface area (Å²) in [6.07, 6.45) is -4.53. The molecule has 2 heterocycles. The smallest absolute Gasteiger partial charge is 0.416 e. The molecule has 44 heavy (non-hydrogen) atoms. The molecule has 0 fully saturated rings. The minimum atomic E-state index is -4.63. The highest BCUT2D eigenvalue weighted by atomic mass is 19.4. The van der Waals surface area contributed by atoms with Crippen LogP contribution < -0.4 is 10.5 Å². The van der Waals surface area contributed by atoms with Gasteiger partial charge in [-0.3, -0.25) is 9.36 Å². The van der Waals surface area contributed by atoms with Crippen LogP contribution in [-0.4, -0.2) is 24.2 Å². The fourth-order valence-electron chi connectivity index (χ4n) is 6.05. The molecule has 4 aromatic carbocycles. The lowest BCUT2D eigenvalue weighted by molar-refractivity contribution is -0.144. The molecule has 0 amide bonds. The van der Waals surface area contributed by atoms with Gasteiger partial charge in [-0.1, -0.05) is 84.9 Å². The molecule has 0 saturated heterocycles. The number of pyridine rings is 1.